The molecule has 5 rings (SSSR count). The van der Waals surface area contributed by atoms with Crippen molar-refractivity contribution in [1.82, 2.24) is 0 Å². The van der Waals surface area contributed by atoms with Crippen molar-refractivity contribution < 1.29 is 79.2 Å². The summed E-state index contributed by atoms with van der Waals surface area (Å²) in [6.45, 7) is -1.65. The van der Waals surface area contributed by atoms with Crippen LogP contribution in [-0.2, 0) is 14.2 Å². The Kier molecular flexibility index (Phi) is 9.38. The van der Waals surface area contributed by atoms with E-state index in [0.29, 0.717) is 0 Å². The largest absolute Gasteiger partial charge is 0.508 e. The van der Waals surface area contributed by atoms with Crippen LogP contribution in [0, 0.1) is 0 Å². The first-order valence-corrected chi connectivity index (χ1v) is 13.5. The Labute approximate surface area is 252 Å². The van der Waals surface area contributed by atoms with Gasteiger partial charge in [0, 0.05) is 17.7 Å². The Morgan fingerprint density at radius 3 is 2.07 bits per heavy atom. The van der Waals surface area contributed by atoms with Crippen LogP contribution < -0.4 is 14.9 Å². The third kappa shape index (κ3) is 5.98. The predicted octanol–water partition coefficient (Wildman–Crippen LogP) is -2.41. The molecule has 0 saturated carbocycles. The molecule has 3 aromatic rings. The normalized spacial score (nSPS) is 32.0. The number of rotatable bonds is 8. The van der Waals surface area contributed by atoms with Gasteiger partial charge < -0.3 is 79.2 Å². The third-order valence-corrected chi connectivity index (χ3v) is 7.56. The number of phenols is 3. The number of aliphatic hydroxyl groups is 7. The van der Waals surface area contributed by atoms with Crippen LogP contribution in [0.25, 0.3) is 22.3 Å². The van der Waals surface area contributed by atoms with E-state index >= 15 is 0 Å². The summed E-state index contributed by atoms with van der Waals surface area (Å²) in [6.07, 6.45) is -17.9. The van der Waals surface area contributed by atoms with E-state index in [4.69, 9.17) is 28.1 Å². The zero-order valence-corrected chi connectivity index (χ0v) is 23.4. The van der Waals surface area contributed by atoms with Gasteiger partial charge in [-0.1, -0.05) is 0 Å². The van der Waals surface area contributed by atoms with Crippen molar-refractivity contribution in [1.29, 1.82) is 0 Å². The number of fused-ring (bicyclic) bond motifs is 1. The number of hydrogen-bond acceptors (Lipinski definition) is 17. The predicted molar refractivity (Wildman–Crippen MR) is 146 cm³/mol. The summed E-state index contributed by atoms with van der Waals surface area (Å²) >= 11 is 0. The molecular formula is C28H32O17. The Morgan fingerprint density at radius 2 is 1.42 bits per heavy atom. The van der Waals surface area contributed by atoms with Gasteiger partial charge in [-0.3, -0.25) is 4.79 Å². The van der Waals surface area contributed by atoms with E-state index in [9.17, 15) is 55.9 Å². The van der Waals surface area contributed by atoms with Gasteiger partial charge in [0.05, 0.1) is 20.3 Å². The monoisotopic (exact) mass is 640 g/mol. The lowest BCUT2D eigenvalue weighted by atomic mass is 9.97. The molecule has 17 nitrogen and oxygen atoms in total. The molecule has 1 aromatic heterocycles. The average molecular weight is 641 g/mol. The van der Waals surface area contributed by atoms with E-state index < -0.39 is 103 Å². The molecule has 5 unspecified atom stereocenters. The molecule has 3 heterocycles. The van der Waals surface area contributed by atoms with Crippen LogP contribution in [0.2, 0.25) is 0 Å². The smallest absolute Gasteiger partial charge is 0.239 e. The lowest BCUT2D eigenvalue weighted by Crippen LogP contribution is -2.65. The fraction of sp³-hybridized carbons (Fsp3) is 0.464. The SMILES string of the molecule is COc1cc(-c2oc3cc(O)cc(O)c3c(=O)c2O[C@@H]2OC(CO)[C@H](O)C(O)C2O[C@@H]2OC(CO)[C@@H](O)C(O)[C@H]2O)ccc1O. The van der Waals surface area contributed by atoms with E-state index in [-0.39, 0.29) is 28.4 Å². The van der Waals surface area contributed by atoms with E-state index in [1.165, 1.54) is 25.3 Å². The standard InChI is InChI=1S/C28H32O17/c1-40-13-4-9(2-3-11(13)32)24-25(20(36)17-12(33)5-10(31)6-14(17)41-24)44-28-26(22(38)19(35)16(8-30)43-28)45-27-23(39)21(37)18(34)15(7-29)42-27/h2-6,15-16,18-19,21-23,26-35,37-39H,7-8H2,1H3/t15?,16?,18-,19+,21?,22?,23-,26?,27+,28+/m1/s1. The van der Waals surface area contributed by atoms with Crippen molar-refractivity contribution in [2.45, 2.75) is 61.4 Å². The van der Waals surface area contributed by atoms with E-state index in [1.54, 1.807) is 0 Å². The average Bonchev–Trinajstić information content (AvgIpc) is 3.01. The zero-order chi connectivity index (χ0) is 32.7. The third-order valence-electron chi connectivity index (χ3n) is 7.56. The fourth-order valence-corrected chi connectivity index (χ4v) is 5.13. The van der Waals surface area contributed by atoms with Crippen LogP contribution in [0.3, 0.4) is 0 Å². The molecule has 2 saturated heterocycles. The lowest BCUT2D eigenvalue weighted by molar-refractivity contribution is -0.358. The molecule has 2 aliphatic rings. The number of aromatic hydroxyl groups is 3. The maximum atomic E-state index is 13.8. The molecule has 0 radical (unpaired) electrons. The number of phenolic OH excluding ortho intramolecular Hbond substituents is 3. The summed E-state index contributed by atoms with van der Waals surface area (Å²) in [6, 6.07) is 5.72. The van der Waals surface area contributed by atoms with Gasteiger partial charge in [-0.2, -0.15) is 0 Å². The molecule has 0 amide bonds. The van der Waals surface area contributed by atoms with Crippen LogP contribution in [0.15, 0.2) is 39.5 Å². The molecule has 246 valence electrons. The molecule has 2 aromatic carbocycles. The van der Waals surface area contributed by atoms with Gasteiger partial charge in [-0.15, -0.1) is 0 Å². The van der Waals surface area contributed by atoms with Gasteiger partial charge in [-0.25, -0.2) is 0 Å². The van der Waals surface area contributed by atoms with Crippen molar-refractivity contribution in [3.05, 3.63) is 40.6 Å². The van der Waals surface area contributed by atoms with E-state index in [2.05, 4.69) is 0 Å². The van der Waals surface area contributed by atoms with Crippen molar-refractivity contribution in [2.75, 3.05) is 20.3 Å². The van der Waals surface area contributed by atoms with Crippen LogP contribution in [-0.4, -0.2) is 133 Å². The first-order valence-electron chi connectivity index (χ1n) is 13.5. The Bertz CT molecular complexity index is 1570. The Balaban J connectivity index is 1.62. The summed E-state index contributed by atoms with van der Waals surface area (Å²) < 4.78 is 33.5. The number of hydrogen-bond donors (Lipinski definition) is 10. The molecule has 45 heavy (non-hydrogen) atoms. The topological polar surface area (TPSA) is 279 Å². The molecule has 10 atom stereocenters. The number of methoxy groups -OCH3 is 1. The van der Waals surface area contributed by atoms with Gasteiger partial charge >= 0.3 is 0 Å². The van der Waals surface area contributed by atoms with Gasteiger partial charge in [-0.05, 0) is 18.2 Å². The molecule has 17 heteroatoms. The highest BCUT2D eigenvalue weighted by Gasteiger charge is 2.51. The van der Waals surface area contributed by atoms with Crippen molar-refractivity contribution in [3.63, 3.8) is 0 Å². The second-order valence-corrected chi connectivity index (χ2v) is 10.4. The second kappa shape index (κ2) is 12.9. The fourth-order valence-electron chi connectivity index (χ4n) is 5.13. The summed E-state index contributed by atoms with van der Waals surface area (Å²) in [7, 11) is 1.27. The quantitative estimate of drug-likeness (QED) is 0.123. The van der Waals surface area contributed by atoms with Gasteiger partial charge in [0.25, 0.3) is 0 Å². The highest BCUT2D eigenvalue weighted by molar-refractivity contribution is 5.88. The number of benzene rings is 2. The van der Waals surface area contributed by atoms with Crippen molar-refractivity contribution in [2.24, 2.45) is 0 Å². The lowest BCUT2D eigenvalue weighted by Gasteiger charge is -2.45. The molecular weight excluding hydrogens is 608 g/mol. The first kappa shape index (κ1) is 32.6. The van der Waals surface area contributed by atoms with Crippen LogP contribution >= 0.6 is 0 Å². The number of aliphatic hydroxyl groups excluding tert-OH is 7. The molecule has 2 aliphatic heterocycles. The van der Waals surface area contributed by atoms with Gasteiger partial charge in [0.15, 0.2) is 29.7 Å². The minimum atomic E-state index is -1.96. The highest BCUT2D eigenvalue weighted by Crippen LogP contribution is 2.40. The van der Waals surface area contributed by atoms with E-state index in [0.717, 1.165) is 12.1 Å². The van der Waals surface area contributed by atoms with E-state index in [1.807, 2.05) is 0 Å². The summed E-state index contributed by atoms with van der Waals surface area (Å²) in [5, 5.41) is 102. The first-order chi connectivity index (χ1) is 21.4. The summed E-state index contributed by atoms with van der Waals surface area (Å²) in [5.74, 6) is -2.49. The summed E-state index contributed by atoms with van der Waals surface area (Å²) in [5.41, 5.74) is -1.23. The van der Waals surface area contributed by atoms with Gasteiger partial charge in [0.2, 0.25) is 17.5 Å². The number of ether oxygens (including phenoxy) is 5. The molecule has 0 aliphatic carbocycles. The molecule has 0 bridgehead atoms. The highest BCUT2D eigenvalue weighted by atomic mass is 16.8. The van der Waals surface area contributed by atoms with Crippen molar-refractivity contribution >= 4 is 11.0 Å². The summed E-state index contributed by atoms with van der Waals surface area (Å²) in [4.78, 5) is 13.8. The molecule has 10 N–H and O–H groups in total. The second-order valence-electron chi connectivity index (χ2n) is 10.4. The van der Waals surface area contributed by atoms with Crippen LogP contribution in [0.4, 0.5) is 0 Å². The van der Waals surface area contributed by atoms with Crippen molar-refractivity contribution in [3.8, 4) is 40.1 Å². The maximum absolute atomic E-state index is 13.8. The van der Waals surface area contributed by atoms with Crippen LogP contribution in [0.1, 0.15) is 0 Å². The minimum Gasteiger partial charge on any atom is -0.508 e. The Hall–Kier alpha value is -3.75. The zero-order valence-electron chi connectivity index (χ0n) is 23.4. The maximum Gasteiger partial charge on any atom is 0.239 e. The van der Waals surface area contributed by atoms with Gasteiger partial charge in [0.1, 0.15) is 65.2 Å². The minimum absolute atomic E-state index is 0.0448. The molecule has 0 spiro atoms. The molecule has 2 fully saturated rings. The Morgan fingerprint density at radius 1 is 0.778 bits per heavy atom. The van der Waals surface area contributed by atoms with Crippen LogP contribution in [0.5, 0.6) is 28.7 Å².